The molecule has 0 saturated carbocycles. The van der Waals surface area contributed by atoms with Crippen molar-refractivity contribution in [1.29, 1.82) is 0 Å². The maximum absolute atomic E-state index is 13.9. The molecule has 0 spiro atoms. The molecule has 0 atom stereocenters. The number of hydrogen-bond acceptors (Lipinski definition) is 4. The average Bonchev–Trinajstić information content (AvgIpc) is 2.63. The largest absolute Gasteiger partial charge is 0.399 e. The van der Waals surface area contributed by atoms with Gasteiger partial charge in [0.1, 0.15) is 24.5 Å². The minimum absolute atomic E-state index is 0.191. The van der Waals surface area contributed by atoms with E-state index in [0.717, 1.165) is 37.5 Å². The molecular formula is C19H21F2N3O. The molecule has 3 rings (SSSR count). The van der Waals surface area contributed by atoms with Crippen molar-refractivity contribution in [3.05, 3.63) is 65.7 Å². The maximum atomic E-state index is 13.9. The number of nitrogens with zero attached hydrogens (tertiary/aromatic N) is 3. The topological polar surface area (TPSA) is 28.1 Å². The van der Waals surface area contributed by atoms with Crippen LogP contribution in [0.1, 0.15) is 5.56 Å². The Kier molecular flexibility index (Phi) is 5.60. The summed E-state index contributed by atoms with van der Waals surface area (Å²) in [4.78, 5) is 9.23. The van der Waals surface area contributed by atoms with Gasteiger partial charge in [-0.3, -0.25) is 4.90 Å². The van der Waals surface area contributed by atoms with E-state index in [1.807, 2.05) is 6.07 Å². The van der Waals surface area contributed by atoms with Crippen molar-refractivity contribution in [2.24, 2.45) is 5.16 Å². The van der Waals surface area contributed by atoms with Crippen LogP contribution in [0.3, 0.4) is 0 Å². The van der Waals surface area contributed by atoms with E-state index >= 15 is 0 Å². The summed E-state index contributed by atoms with van der Waals surface area (Å²) in [6.45, 7) is 3.66. The second kappa shape index (κ2) is 8.07. The minimum atomic E-state index is -0.279. The van der Waals surface area contributed by atoms with Crippen LogP contribution in [0.5, 0.6) is 0 Å². The highest BCUT2D eigenvalue weighted by Gasteiger charge is 2.21. The smallest absolute Gasteiger partial charge is 0.146 e. The van der Waals surface area contributed by atoms with Crippen LogP contribution >= 0.6 is 0 Å². The van der Waals surface area contributed by atoms with Gasteiger partial charge in [-0.05, 0) is 24.3 Å². The molecule has 0 radical (unpaired) electrons. The van der Waals surface area contributed by atoms with Crippen LogP contribution in [0.4, 0.5) is 14.5 Å². The first-order valence-corrected chi connectivity index (χ1v) is 8.25. The molecule has 1 aliphatic heterocycles. The summed E-state index contributed by atoms with van der Waals surface area (Å²) < 4.78 is 27.0. The Bertz CT molecular complexity index is 726. The molecule has 25 heavy (non-hydrogen) atoms. The van der Waals surface area contributed by atoms with Crippen LogP contribution in [0.15, 0.2) is 53.7 Å². The fraction of sp³-hybridized carbons (Fsp3) is 0.316. The van der Waals surface area contributed by atoms with Crippen LogP contribution in [0.25, 0.3) is 0 Å². The summed E-state index contributed by atoms with van der Waals surface area (Å²) in [5.74, 6) is -0.470. The maximum Gasteiger partial charge on any atom is 0.146 e. The number of benzene rings is 2. The lowest BCUT2D eigenvalue weighted by molar-refractivity contribution is 0.209. The highest BCUT2D eigenvalue weighted by atomic mass is 19.1. The van der Waals surface area contributed by atoms with E-state index in [1.54, 1.807) is 24.3 Å². The Balaban J connectivity index is 1.63. The predicted molar refractivity (Wildman–Crippen MR) is 95.0 cm³/mol. The van der Waals surface area contributed by atoms with Gasteiger partial charge in [-0.2, -0.15) is 0 Å². The van der Waals surface area contributed by atoms with Crippen molar-refractivity contribution in [2.45, 2.75) is 0 Å². The van der Waals surface area contributed by atoms with Crippen molar-refractivity contribution >= 4 is 11.4 Å². The van der Waals surface area contributed by atoms with Gasteiger partial charge in [0.15, 0.2) is 0 Å². The van der Waals surface area contributed by atoms with Crippen molar-refractivity contribution in [3.8, 4) is 0 Å². The quantitative estimate of drug-likeness (QED) is 0.616. The fourth-order valence-electron chi connectivity index (χ4n) is 2.99. The second-order valence-corrected chi connectivity index (χ2v) is 5.94. The summed E-state index contributed by atoms with van der Waals surface area (Å²) in [6, 6.07) is 13.1. The van der Waals surface area contributed by atoms with Gasteiger partial charge in [-0.25, -0.2) is 8.78 Å². The number of rotatable bonds is 5. The molecular weight excluding hydrogens is 324 g/mol. The summed E-state index contributed by atoms with van der Waals surface area (Å²) >= 11 is 0. The Morgan fingerprint density at radius 2 is 1.68 bits per heavy atom. The molecule has 0 amide bonds. The van der Waals surface area contributed by atoms with Crippen molar-refractivity contribution in [2.75, 3.05) is 44.7 Å². The first kappa shape index (κ1) is 17.4. The van der Waals surface area contributed by atoms with Gasteiger partial charge >= 0.3 is 0 Å². The Morgan fingerprint density at radius 3 is 2.32 bits per heavy atom. The van der Waals surface area contributed by atoms with Gasteiger partial charge in [0.05, 0.1) is 5.69 Å². The van der Waals surface area contributed by atoms with Crippen LogP contribution in [-0.4, -0.2) is 50.4 Å². The lowest BCUT2D eigenvalue weighted by atomic mass is 10.1. The van der Waals surface area contributed by atoms with Gasteiger partial charge < -0.3 is 9.74 Å². The molecule has 0 aliphatic carbocycles. The van der Waals surface area contributed by atoms with E-state index in [1.165, 1.54) is 25.3 Å². The molecule has 0 bridgehead atoms. The molecule has 1 heterocycles. The zero-order valence-electron chi connectivity index (χ0n) is 14.2. The fourth-order valence-corrected chi connectivity index (χ4v) is 2.99. The summed E-state index contributed by atoms with van der Waals surface area (Å²) in [6.07, 6.45) is 0. The molecule has 1 saturated heterocycles. The summed E-state index contributed by atoms with van der Waals surface area (Å²) in [5, 5.41) is 4.09. The zero-order valence-corrected chi connectivity index (χ0v) is 14.2. The van der Waals surface area contributed by atoms with E-state index in [4.69, 9.17) is 4.84 Å². The van der Waals surface area contributed by atoms with Crippen molar-refractivity contribution in [3.63, 3.8) is 0 Å². The summed E-state index contributed by atoms with van der Waals surface area (Å²) in [7, 11) is 1.50. The molecule has 6 heteroatoms. The number of halogens is 2. The monoisotopic (exact) mass is 345 g/mol. The molecule has 132 valence electrons. The predicted octanol–water partition coefficient (Wildman–Crippen LogP) is 3.14. The summed E-state index contributed by atoms with van der Waals surface area (Å²) in [5.41, 5.74) is 2.23. The number of oxime groups is 1. The van der Waals surface area contributed by atoms with Gasteiger partial charge in [-0.1, -0.05) is 29.4 Å². The van der Waals surface area contributed by atoms with Gasteiger partial charge in [0.25, 0.3) is 0 Å². The van der Waals surface area contributed by atoms with Crippen molar-refractivity contribution < 1.29 is 13.6 Å². The minimum Gasteiger partial charge on any atom is -0.399 e. The third-order valence-corrected chi connectivity index (χ3v) is 4.32. The molecule has 1 fully saturated rings. The molecule has 0 aromatic heterocycles. The lowest BCUT2D eigenvalue weighted by Crippen LogP contribution is -2.48. The lowest BCUT2D eigenvalue weighted by Gasteiger charge is -2.36. The van der Waals surface area contributed by atoms with Gasteiger partial charge in [-0.15, -0.1) is 0 Å². The molecule has 2 aromatic rings. The zero-order chi connectivity index (χ0) is 17.6. The standard InChI is InChI=1S/C19H21F2N3O/c1-25-22-18(15-6-8-16(20)9-7-15)14-23-10-12-24(13-11-23)19-5-3-2-4-17(19)21/h2-9H,10-14H2,1H3/b22-18+. The van der Waals surface area contributed by atoms with Crippen molar-refractivity contribution in [1.82, 2.24) is 4.90 Å². The van der Waals surface area contributed by atoms with E-state index in [2.05, 4.69) is 15.0 Å². The first-order valence-electron chi connectivity index (χ1n) is 8.25. The Labute approximate surface area is 146 Å². The third kappa shape index (κ3) is 4.33. The van der Waals surface area contributed by atoms with Crippen LogP contribution in [0.2, 0.25) is 0 Å². The molecule has 4 nitrogen and oxygen atoms in total. The van der Waals surface area contributed by atoms with E-state index in [0.29, 0.717) is 12.2 Å². The number of anilines is 1. The second-order valence-electron chi connectivity index (χ2n) is 5.94. The van der Waals surface area contributed by atoms with E-state index in [-0.39, 0.29) is 11.6 Å². The van der Waals surface area contributed by atoms with E-state index in [9.17, 15) is 8.78 Å². The first-order chi connectivity index (χ1) is 12.2. The van der Waals surface area contributed by atoms with Crippen LogP contribution < -0.4 is 4.90 Å². The third-order valence-electron chi connectivity index (χ3n) is 4.32. The van der Waals surface area contributed by atoms with E-state index < -0.39 is 0 Å². The average molecular weight is 345 g/mol. The van der Waals surface area contributed by atoms with Crippen LogP contribution in [0, 0.1) is 11.6 Å². The Morgan fingerprint density at radius 1 is 1.00 bits per heavy atom. The van der Waals surface area contributed by atoms with Gasteiger partial charge in [0, 0.05) is 38.3 Å². The number of hydrogen-bond donors (Lipinski definition) is 0. The van der Waals surface area contributed by atoms with Crippen LogP contribution in [-0.2, 0) is 4.84 Å². The molecule has 0 N–H and O–H groups in total. The van der Waals surface area contributed by atoms with Gasteiger partial charge in [0.2, 0.25) is 0 Å². The Hall–Kier alpha value is -2.47. The number of para-hydroxylation sites is 1. The molecule has 0 unspecified atom stereocenters. The number of piperazine rings is 1. The molecule has 2 aromatic carbocycles. The molecule has 1 aliphatic rings. The highest BCUT2D eigenvalue weighted by molar-refractivity contribution is 6.01. The SMILES string of the molecule is CO/N=C(\CN1CCN(c2ccccc2F)CC1)c1ccc(F)cc1. The normalized spacial score (nSPS) is 16.1. The highest BCUT2D eigenvalue weighted by Crippen LogP contribution is 2.20.